The molecule has 0 unspecified atom stereocenters. The second-order valence-corrected chi connectivity index (χ2v) is 5.87. The third kappa shape index (κ3) is 4.79. The average Bonchev–Trinajstić information content (AvgIpc) is 2.87. The normalized spacial score (nSPS) is 13.3. The molecule has 25 heavy (non-hydrogen) atoms. The van der Waals surface area contributed by atoms with Gasteiger partial charge in [0.2, 0.25) is 0 Å². The molecule has 0 radical (unpaired) electrons. The predicted molar refractivity (Wildman–Crippen MR) is 95.6 cm³/mol. The van der Waals surface area contributed by atoms with E-state index in [1.54, 1.807) is 24.3 Å². The van der Waals surface area contributed by atoms with Crippen LogP contribution >= 0.6 is 0 Å². The molecule has 1 aromatic carbocycles. The van der Waals surface area contributed by atoms with Gasteiger partial charge in [0.15, 0.2) is 0 Å². The van der Waals surface area contributed by atoms with Crippen molar-refractivity contribution in [3.8, 4) is 0 Å². The molecule has 2 rings (SSSR count). The summed E-state index contributed by atoms with van der Waals surface area (Å²) in [6.07, 6.45) is 0.882. The Balaban J connectivity index is 1.67. The molecule has 2 N–H and O–H groups in total. The standard InChI is InChI=1S/C18H26N4O3/c1-3-21(4-2)12-7-10-19-18(25)20-11-13-22-16(23)14-8-5-6-9-15(14)17(22)24/h5-6,8-9H,3-4,7,10-13H2,1-2H3,(H2,19,20,25). The summed E-state index contributed by atoms with van der Waals surface area (Å²) in [7, 11) is 0. The van der Waals surface area contributed by atoms with Gasteiger partial charge in [-0.3, -0.25) is 14.5 Å². The lowest BCUT2D eigenvalue weighted by molar-refractivity contribution is 0.0656. The Morgan fingerprint density at radius 3 is 2.12 bits per heavy atom. The summed E-state index contributed by atoms with van der Waals surface area (Å²) in [6.45, 7) is 8.17. The molecule has 0 bridgehead atoms. The van der Waals surface area contributed by atoms with Crippen molar-refractivity contribution in [2.24, 2.45) is 0 Å². The highest BCUT2D eigenvalue weighted by atomic mass is 16.2. The van der Waals surface area contributed by atoms with Crippen LogP contribution in [0, 0.1) is 0 Å². The Morgan fingerprint density at radius 1 is 1.00 bits per heavy atom. The molecule has 1 aliphatic rings. The molecule has 0 saturated carbocycles. The quantitative estimate of drug-likeness (QED) is 0.522. The molecule has 0 saturated heterocycles. The Bertz CT molecular complexity index is 594. The predicted octanol–water partition coefficient (Wildman–Crippen LogP) is 1.31. The van der Waals surface area contributed by atoms with Crippen LogP contribution in [0.4, 0.5) is 4.79 Å². The molecule has 0 atom stereocenters. The zero-order valence-electron chi connectivity index (χ0n) is 14.9. The van der Waals surface area contributed by atoms with Gasteiger partial charge in [0.05, 0.1) is 11.1 Å². The van der Waals surface area contributed by atoms with E-state index in [9.17, 15) is 14.4 Å². The van der Waals surface area contributed by atoms with Crippen LogP contribution in [0.3, 0.4) is 0 Å². The van der Waals surface area contributed by atoms with Crippen LogP contribution in [-0.4, -0.2) is 66.9 Å². The SMILES string of the molecule is CCN(CC)CCCNC(=O)NCCN1C(=O)c2ccccc2C1=O. The van der Waals surface area contributed by atoms with Gasteiger partial charge in [-0.25, -0.2) is 4.79 Å². The van der Waals surface area contributed by atoms with E-state index in [4.69, 9.17) is 0 Å². The monoisotopic (exact) mass is 346 g/mol. The summed E-state index contributed by atoms with van der Waals surface area (Å²) in [6, 6.07) is 6.47. The Morgan fingerprint density at radius 2 is 1.56 bits per heavy atom. The summed E-state index contributed by atoms with van der Waals surface area (Å²) < 4.78 is 0. The number of carbonyl (C=O) groups excluding carboxylic acids is 3. The molecule has 136 valence electrons. The Kier molecular flexibility index (Phi) is 6.94. The summed E-state index contributed by atoms with van der Waals surface area (Å²) in [4.78, 5) is 39.6. The first kappa shape index (κ1) is 18.9. The van der Waals surface area contributed by atoms with Gasteiger partial charge in [0, 0.05) is 19.6 Å². The second-order valence-electron chi connectivity index (χ2n) is 5.87. The molecule has 1 aromatic rings. The van der Waals surface area contributed by atoms with E-state index in [0.717, 1.165) is 26.1 Å². The van der Waals surface area contributed by atoms with Crippen LogP contribution in [-0.2, 0) is 0 Å². The number of amides is 4. The molecule has 1 heterocycles. The molecule has 0 aliphatic carbocycles. The van der Waals surface area contributed by atoms with Crippen LogP contribution in [0.25, 0.3) is 0 Å². The van der Waals surface area contributed by atoms with E-state index in [0.29, 0.717) is 17.7 Å². The third-order valence-electron chi connectivity index (χ3n) is 4.33. The lowest BCUT2D eigenvalue weighted by Crippen LogP contribution is -2.42. The minimum Gasteiger partial charge on any atom is -0.338 e. The largest absolute Gasteiger partial charge is 0.338 e. The van der Waals surface area contributed by atoms with Gasteiger partial charge in [0.1, 0.15) is 0 Å². The van der Waals surface area contributed by atoms with Crippen molar-refractivity contribution in [1.82, 2.24) is 20.4 Å². The van der Waals surface area contributed by atoms with E-state index in [1.807, 2.05) is 0 Å². The van der Waals surface area contributed by atoms with Gasteiger partial charge in [-0.2, -0.15) is 0 Å². The molecule has 7 heteroatoms. The molecule has 7 nitrogen and oxygen atoms in total. The lowest BCUT2D eigenvalue weighted by Gasteiger charge is -2.18. The van der Waals surface area contributed by atoms with E-state index < -0.39 is 0 Å². The molecule has 1 aliphatic heterocycles. The first-order chi connectivity index (χ1) is 12.1. The summed E-state index contributed by atoms with van der Waals surface area (Å²) in [5.41, 5.74) is 0.849. The molecular weight excluding hydrogens is 320 g/mol. The maximum Gasteiger partial charge on any atom is 0.314 e. The van der Waals surface area contributed by atoms with Gasteiger partial charge < -0.3 is 15.5 Å². The first-order valence-electron chi connectivity index (χ1n) is 8.77. The van der Waals surface area contributed by atoms with Gasteiger partial charge in [-0.1, -0.05) is 26.0 Å². The number of hydrogen-bond donors (Lipinski definition) is 2. The molecule has 0 spiro atoms. The zero-order valence-corrected chi connectivity index (χ0v) is 14.9. The highest BCUT2D eigenvalue weighted by molar-refractivity contribution is 6.21. The van der Waals surface area contributed by atoms with E-state index in [2.05, 4.69) is 29.4 Å². The number of hydrogen-bond acceptors (Lipinski definition) is 4. The lowest BCUT2D eigenvalue weighted by atomic mass is 10.1. The number of urea groups is 1. The number of nitrogens with zero attached hydrogens (tertiary/aromatic N) is 2. The number of rotatable bonds is 9. The van der Waals surface area contributed by atoms with Crippen LogP contribution in [0.2, 0.25) is 0 Å². The van der Waals surface area contributed by atoms with Gasteiger partial charge in [-0.15, -0.1) is 0 Å². The average molecular weight is 346 g/mol. The minimum absolute atomic E-state index is 0.166. The van der Waals surface area contributed by atoms with Crippen molar-refractivity contribution < 1.29 is 14.4 Å². The second kappa shape index (κ2) is 9.17. The van der Waals surface area contributed by atoms with Crippen LogP contribution < -0.4 is 10.6 Å². The number of imide groups is 1. The van der Waals surface area contributed by atoms with Crippen molar-refractivity contribution in [2.45, 2.75) is 20.3 Å². The van der Waals surface area contributed by atoms with Gasteiger partial charge in [-0.05, 0) is 38.2 Å². The molecular formula is C18H26N4O3. The molecule has 0 aromatic heterocycles. The fourth-order valence-corrected chi connectivity index (χ4v) is 2.83. The highest BCUT2D eigenvalue weighted by Crippen LogP contribution is 2.21. The zero-order chi connectivity index (χ0) is 18.2. The van der Waals surface area contributed by atoms with Crippen molar-refractivity contribution >= 4 is 17.8 Å². The number of benzene rings is 1. The minimum atomic E-state index is -0.304. The summed E-state index contributed by atoms with van der Waals surface area (Å²) in [5.74, 6) is -0.607. The van der Waals surface area contributed by atoms with Gasteiger partial charge >= 0.3 is 6.03 Å². The van der Waals surface area contributed by atoms with Crippen molar-refractivity contribution in [2.75, 3.05) is 39.3 Å². The Labute approximate surface area is 148 Å². The first-order valence-corrected chi connectivity index (χ1v) is 8.77. The number of carbonyl (C=O) groups is 3. The van der Waals surface area contributed by atoms with Crippen LogP contribution in [0.5, 0.6) is 0 Å². The summed E-state index contributed by atoms with van der Waals surface area (Å²) >= 11 is 0. The Hall–Kier alpha value is -2.41. The topological polar surface area (TPSA) is 81.8 Å². The maximum atomic E-state index is 12.2. The van der Waals surface area contributed by atoms with E-state index in [1.165, 1.54) is 4.90 Å². The van der Waals surface area contributed by atoms with E-state index >= 15 is 0 Å². The van der Waals surface area contributed by atoms with E-state index in [-0.39, 0.29) is 30.9 Å². The maximum absolute atomic E-state index is 12.2. The third-order valence-corrected chi connectivity index (χ3v) is 4.33. The molecule has 4 amide bonds. The van der Waals surface area contributed by atoms with Crippen molar-refractivity contribution in [1.29, 1.82) is 0 Å². The fourth-order valence-electron chi connectivity index (χ4n) is 2.83. The van der Waals surface area contributed by atoms with Gasteiger partial charge in [0.25, 0.3) is 11.8 Å². The van der Waals surface area contributed by atoms with Crippen LogP contribution in [0.15, 0.2) is 24.3 Å². The van der Waals surface area contributed by atoms with Crippen LogP contribution in [0.1, 0.15) is 41.0 Å². The fraction of sp³-hybridized carbons (Fsp3) is 0.500. The summed E-state index contributed by atoms with van der Waals surface area (Å²) in [5, 5.41) is 5.47. The number of nitrogens with one attached hydrogen (secondary N) is 2. The highest BCUT2D eigenvalue weighted by Gasteiger charge is 2.34. The van der Waals surface area contributed by atoms with Crippen molar-refractivity contribution in [3.63, 3.8) is 0 Å². The smallest absolute Gasteiger partial charge is 0.314 e. The van der Waals surface area contributed by atoms with Crippen molar-refractivity contribution in [3.05, 3.63) is 35.4 Å². The molecule has 0 fully saturated rings. The number of fused-ring (bicyclic) bond motifs is 1.